The SMILES string of the molecule is CC(C)c1cccc(C(C)C)c1-c1ccc2cc(-c3[c-]c(-c4cn(-c5c(C(C)C)cccc5C(C)C)c(-c5ccccc5O)n4)ccc3)ncc2c1.[Pt]. The van der Waals surface area contributed by atoms with Crippen LogP contribution >= 0.6 is 0 Å². The molecule has 0 aliphatic carbocycles. The second-order valence-electron chi connectivity index (χ2n) is 15.2. The van der Waals surface area contributed by atoms with E-state index < -0.39 is 0 Å². The van der Waals surface area contributed by atoms with Gasteiger partial charge in [-0.2, -0.15) is 0 Å². The number of rotatable bonds is 9. The summed E-state index contributed by atoms with van der Waals surface area (Å²) in [5.41, 5.74) is 13.0. The summed E-state index contributed by atoms with van der Waals surface area (Å²) >= 11 is 0. The molecular formula is C48H48N3OPt-. The summed E-state index contributed by atoms with van der Waals surface area (Å²) in [6, 6.07) is 39.4. The summed E-state index contributed by atoms with van der Waals surface area (Å²) in [6.45, 7) is 18.0. The largest absolute Gasteiger partial charge is 0.507 e. The van der Waals surface area contributed by atoms with Crippen molar-refractivity contribution in [1.29, 1.82) is 0 Å². The molecule has 0 saturated carbocycles. The molecular weight excluding hydrogens is 830 g/mol. The predicted molar refractivity (Wildman–Crippen MR) is 217 cm³/mol. The fraction of sp³-hybridized carbons (Fsp3) is 0.250. The molecule has 0 spiro atoms. The molecule has 0 atom stereocenters. The quantitative estimate of drug-likeness (QED) is 0.147. The van der Waals surface area contributed by atoms with Crippen molar-refractivity contribution in [2.45, 2.75) is 79.1 Å². The first-order valence-electron chi connectivity index (χ1n) is 18.6. The van der Waals surface area contributed by atoms with E-state index in [0.717, 1.165) is 39.0 Å². The van der Waals surface area contributed by atoms with Gasteiger partial charge in [0.2, 0.25) is 0 Å². The molecule has 0 saturated heterocycles. The number of hydrogen-bond acceptors (Lipinski definition) is 3. The fourth-order valence-electron chi connectivity index (χ4n) is 7.42. The molecule has 7 rings (SSSR count). The standard InChI is InChI=1S/C48H48N3O.Pt/c1-29(2)38-17-12-18-39(30(3)4)46(38)36-23-22-33-26-43(49-27-37(33)25-36)34-14-11-15-35(24-34)44-28-51(48(50-44)42-16-9-10-21-45(42)52)47-40(31(5)6)19-13-20-41(47)32(7)8;/h9-23,25-32,52H,1-8H3;/q-1;. The van der Waals surface area contributed by atoms with Crippen LogP contribution < -0.4 is 0 Å². The molecule has 2 aromatic heterocycles. The summed E-state index contributed by atoms with van der Waals surface area (Å²) in [4.78, 5) is 10.2. The molecule has 0 unspecified atom stereocenters. The Morgan fingerprint density at radius 2 is 1.15 bits per heavy atom. The van der Waals surface area contributed by atoms with Crippen LogP contribution in [0.15, 0.2) is 116 Å². The second-order valence-corrected chi connectivity index (χ2v) is 15.2. The molecule has 0 aliphatic heterocycles. The van der Waals surface area contributed by atoms with Crippen LogP contribution in [0.1, 0.15) is 101 Å². The number of nitrogens with zero attached hydrogens (tertiary/aromatic N) is 3. The first-order valence-corrected chi connectivity index (χ1v) is 18.6. The van der Waals surface area contributed by atoms with Gasteiger partial charge < -0.3 is 9.67 Å². The zero-order valence-electron chi connectivity index (χ0n) is 31.9. The zero-order valence-corrected chi connectivity index (χ0v) is 34.2. The summed E-state index contributed by atoms with van der Waals surface area (Å²) in [7, 11) is 0. The number of aromatic hydroxyl groups is 1. The number of para-hydroxylation sites is 2. The molecule has 5 aromatic carbocycles. The summed E-state index contributed by atoms with van der Waals surface area (Å²) in [5.74, 6) is 2.34. The average Bonchev–Trinajstić information content (AvgIpc) is 3.59. The molecule has 0 aliphatic rings. The van der Waals surface area contributed by atoms with Gasteiger partial charge in [-0.1, -0.05) is 133 Å². The Labute approximate surface area is 329 Å². The Morgan fingerprint density at radius 1 is 0.585 bits per heavy atom. The van der Waals surface area contributed by atoms with Gasteiger partial charge >= 0.3 is 0 Å². The number of pyridine rings is 1. The van der Waals surface area contributed by atoms with Gasteiger partial charge in [0.15, 0.2) is 0 Å². The van der Waals surface area contributed by atoms with E-state index in [1.54, 1.807) is 6.07 Å². The number of phenols is 1. The van der Waals surface area contributed by atoms with Crippen molar-refractivity contribution in [3.63, 3.8) is 0 Å². The van der Waals surface area contributed by atoms with Crippen molar-refractivity contribution in [3.8, 4) is 56.5 Å². The van der Waals surface area contributed by atoms with E-state index in [1.165, 1.54) is 33.4 Å². The third-order valence-corrected chi connectivity index (χ3v) is 10.2. The van der Waals surface area contributed by atoms with E-state index in [2.05, 4.69) is 139 Å². The molecule has 0 bridgehead atoms. The van der Waals surface area contributed by atoms with Gasteiger partial charge in [-0.25, -0.2) is 0 Å². The van der Waals surface area contributed by atoms with Crippen LogP contribution in [0.5, 0.6) is 5.75 Å². The van der Waals surface area contributed by atoms with E-state index in [4.69, 9.17) is 9.97 Å². The summed E-state index contributed by atoms with van der Waals surface area (Å²) in [6.07, 6.45) is 4.09. The number of phenolic OH excluding ortho intramolecular Hbond substituents is 1. The van der Waals surface area contributed by atoms with Gasteiger partial charge in [-0.15, -0.1) is 24.3 Å². The maximum absolute atomic E-state index is 11.0. The van der Waals surface area contributed by atoms with Gasteiger partial charge in [0.05, 0.1) is 11.3 Å². The average molecular weight is 878 g/mol. The molecule has 1 N–H and O–H groups in total. The monoisotopic (exact) mass is 877 g/mol. The Morgan fingerprint density at radius 3 is 1.75 bits per heavy atom. The van der Waals surface area contributed by atoms with Crippen molar-refractivity contribution in [1.82, 2.24) is 14.5 Å². The van der Waals surface area contributed by atoms with E-state index in [-0.39, 0.29) is 26.8 Å². The van der Waals surface area contributed by atoms with Crippen LogP contribution in [0.4, 0.5) is 0 Å². The van der Waals surface area contributed by atoms with Crippen LogP contribution in [0.3, 0.4) is 0 Å². The molecule has 4 nitrogen and oxygen atoms in total. The molecule has 7 aromatic rings. The van der Waals surface area contributed by atoms with Crippen LogP contribution in [0.25, 0.3) is 61.5 Å². The molecule has 0 amide bonds. The van der Waals surface area contributed by atoms with Gasteiger partial charge in [-0.05, 0) is 86.0 Å². The minimum atomic E-state index is 0. The molecule has 0 fully saturated rings. The van der Waals surface area contributed by atoms with E-state index in [0.29, 0.717) is 35.1 Å². The molecule has 0 radical (unpaired) electrons. The third kappa shape index (κ3) is 7.40. The molecule has 53 heavy (non-hydrogen) atoms. The van der Waals surface area contributed by atoms with Gasteiger partial charge in [-0.3, -0.25) is 9.97 Å². The smallest absolute Gasteiger partial charge is 0.140 e. The van der Waals surface area contributed by atoms with Crippen molar-refractivity contribution in [3.05, 3.63) is 144 Å². The molecule has 5 heteroatoms. The maximum atomic E-state index is 11.0. The first kappa shape index (κ1) is 37.9. The number of aromatic nitrogens is 3. The number of imidazole rings is 1. The number of fused-ring (bicyclic) bond motifs is 1. The summed E-state index contributed by atoms with van der Waals surface area (Å²) < 4.78 is 2.17. The fourth-order valence-corrected chi connectivity index (χ4v) is 7.42. The van der Waals surface area contributed by atoms with Crippen LogP contribution in [0.2, 0.25) is 0 Å². The van der Waals surface area contributed by atoms with E-state index in [1.807, 2.05) is 36.5 Å². The first-order chi connectivity index (χ1) is 25.0. The Bertz CT molecular complexity index is 2350. The molecule has 2 heterocycles. The zero-order chi connectivity index (χ0) is 36.7. The van der Waals surface area contributed by atoms with Crippen molar-refractivity contribution < 1.29 is 26.2 Å². The maximum Gasteiger partial charge on any atom is 0.140 e. The second kappa shape index (κ2) is 15.7. The van der Waals surface area contributed by atoms with Crippen LogP contribution in [0, 0.1) is 6.07 Å². The summed E-state index contributed by atoms with van der Waals surface area (Å²) in [5, 5.41) is 13.3. The van der Waals surface area contributed by atoms with Gasteiger partial charge in [0.25, 0.3) is 0 Å². The Hall–Kier alpha value is -4.79. The van der Waals surface area contributed by atoms with Gasteiger partial charge in [0.1, 0.15) is 11.6 Å². The number of hydrogen-bond donors (Lipinski definition) is 1. The van der Waals surface area contributed by atoms with Crippen LogP contribution in [-0.4, -0.2) is 19.6 Å². The predicted octanol–water partition coefficient (Wildman–Crippen LogP) is 13.1. The third-order valence-electron chi connectivity index (χ3n) is 10.2. The minimum Gasteiger partial charge on any atom is -0.507 e. The van der Waals surface area contributed by atoms with Crippen molar-refractivity contribution in [2.24, 2.45) is 0 Å². The topological polar surface area (TPSA) is 50.9 Å². The van der Waals surface area contributed by atoms with Crippen molar-refractivity contribution in [2.75, 3.05) is 0 Å². The van der Waals surface area contributed by atoms with E-state index in [9.17, 15) is 5.11 Å². The normalized spacial score (nSPS) is 11.6. The van der Waals surface area contributed by atoms with E-state index >= 15 is 0 Å². The van der Waals surface area contributed by atoms with Gasteiger partial charge in [0, 0.05) is 44.8 Å². The minimum absolute atomic E-state index is 0. The Balaban J connectivity index is 0.00000481. The van der Waals surface area contributed by atoms with Crippen molar-refractivity contribution >= 4 is 10.8 Å². The van der Waals surface area contributed by atoms with Crippen LogP contribution in [-0.2, 0) is 21.1 Å². The number of benzene rings is 5. The molecule has 272 valence electrons. The Kier molecular flexibility index (Phi) is 11.2.